The summed E-state index contributed by atoms with van der Waals surface area (Å²) < 4.78 is 18.5. The number of methoxy groups -OCH3 is 1. The van der Waals surface area contributed by atoms with Crippen LogP contribution in [0.4, 0.5) is 9.18 Å². The lowest BCUT2D eigenvalue weighted by molar-refractivity contribution is 0.0953. The first kappa shape index (κ1) is 19.2. The topological polar surface area (TPSA) is 79.5 Å². The zero-order valence-corrected chi connectivity index (χ0v) is 14.8. The molecule has 2 aromatic carbocycles. The van der Waals surface area contributed by atoms with Gasteiger partial charge in [-0.15, -0.1) is 0 Å². The molecule has 2 rings (SSSR count). The molecule has 0 fully saturated rings. The number of carbonyl (C=O) groups is 2. The van der Waals surface area contributed by atoms with Gasteiger partial charge in [0.15, 0.2) is 0 Å². The van der Waals surface area contributed by atoms with Crippen molar-refractivity contribution in [2.75, 3.05) is 20.2 Å². The molecule has 6 nitrogen and oxygen atoms in total. The molecule has 0 heterocycles. The molecule has 2 aromatic rings. The molecule has 0 spiro atoms. The van der Waals surface area contributed by atoms with Gasteiger partial charge in [0.25, 0.3) is 5.91 Å². The SMILES string of the molecule is COc1ccc(CNC(=O)NCCNC(=O)c2ccc(C)c(F)c2)cc1. The van der Waals surface area contributed by atoms with E-state index in [0.717, 1.165) is 11.3 Å². The summed E-state index contributed by atoms with van der Waals surface area (Å²) in [6.45, 7) is 2.51. The van der Waals surface area contributed by atoms with E-state index in [2.05, 4.69) is 16.0 Å². The second kappa shape index (κ2) is 9.41. The van der Waals surface area contributed by atoms with Crippen LogP contribution in [0.15, 0.2) is 42.5 Å². The molecule has 0 unspecified atom stereocenters. The van der Waals surface area contributed by atoms with Gasteiger partial charge in [0.05, 0.1) is 7.11 Å². The minimum absolute atomic E-state index is 0.240. The van der Waals surface area contributed by atoms with E-state index >= 15 is 0 Å². The Morgan fingerprint density at radius 3 is 2.35 bits per heavy atom. The van der Waals surface area contributed by atoms with Crippen molar-refractivity contribution < 1.29 is 18.7 Å². The Morgan fingerprint density at radius 1 is 1.00 bits per heavy atom. The van der Waals surface area contributed by atoms with Gasteiger partial charge in [0, 0.05) is 25.2 Å². The fourth-order valence-electron chi connectivity index (χ4n) is 2.18. The highest BCUT2D eigenvalue weighted by atomic mass is 19.1. The quantitative estimate of drug-likeness (QED) is 0.664. The van der Waals surface area contributed by atoms with Crippen LogP contribution in [0.5, 0.6) is 5.75 Å². The van der Waals surface area contributed by atoms with E-state index in [1.807, 2.05) is 24.3 Å². The summed E-state index contributed by atoms with van der Waals surface area (Å²) in [6, 6.07) is 11.3. The minimum Gasteiger partial charge on any atom is -0.497 e. The molecule has 0 bridgehead atoms. The lowest BCUT2D eigenvalue weighted by atomic mass is 10.1. The first-order chi connectivity index (χ1) is 12.5. The molecule has 0 atom stereocenters. The van der Waals surface area contributed by atoms with Crippen molar-refractivity contribution >= 4 is 11.9 Å². The standard InChI is InChI=1S/C19H22FN3O3/c1-13-3-6-15(11-17(13)20)18(24)21-9-10-22-19(25)23-12-14-4-7-16(26-2)8-5-14/h3-8,11H,9-10,12H2,1-2H3,(H,21,24)(H2,22,23,25). The van der Waals surface area contributed by atoms with Gasteiger partial charge in [-0.05, 0) is 42.3 Å². The lowest BCUT2D eigenvalue weighted by Gasteiger charge is -2.09. The van der Waals surface area contributed by atoms with Crippen molar-refractivity contribution in [2.24, 2.45) is 0 Å². The summed E-state index contributed by atoms with van der Waals surface area (Å²) in [5, 5.41) is 7.98. The van der Waals surface area contributed by atoms with Crippen molar-refractivity contribution in [3.63, 3.8) is 0 Å². The molecule has 138 valence electrons. The van der Waals surface area contributed by atoms with Gasteiger partial charge in [-0.1, -0.05) is 18.2 Å². The first-order valence-electron chi connectivity index (χ1n) is 8.18. The van der Waals surface area contributed by atoms with Gasteiger partial charge in [-0.2, -0.15) is 0 Å². The predicted molar refractivity (Wildman–Crippen MR) is 96.7 cm³/mol. The number of hydrogen-bond donors (Lipinski definition) is 3. The summed E-state index contributed by atoms with van der Waals surface area (Å²) in [6.07, 6.45) is 0. The fourth-order valence-corrected chi connectivity index (χ4v) is 2.18. The maximum absolute atomic E-state index is 13.4. The van der Waals surface area contributed by atoms with Crippen molar-refractivity contribution in [1.29, 1.82) is 0 Å². The van der Waals surface area contributed by atoms with Gasteiger partial charge in [-0.3, -0.25) is 4.79 Å². The van der Waals surface area contributed by atoms with Gasteiger partial charge < -0.3 is 20.7 Å². The Labute approximate surface area is 151 Å². The Balaban J connectivity index is 1.66. The second-order valence-electron chi connectivity index (χ2n) is 5.68. The number of aryl methyl sites for hydroxylation is 1. The Bertz CT molecular complexity index is 763. The van der Waals surface area contributed by atoms with E-state index in [9.17, 15) is 14.0 Å². The maximum Gasteiger partial charge on any atom is 0.315 e. The van der Waals surface area contributed by atoms with Crippen LogP contribution in [0.3, 0.4) is 0 Å². The fraction of sp³-hybridized carbons (Fsp3) is 0.263. The highest BCUT2D eigenvalue weighted by Crippen LogP contribution is 2.11. The molecular formula is C19H22FN3O3. The van der Waals surface area contributed by atoms with Crippen LogP contribution in [-0.2, 0) is 6.54 Å². The van der Waals surface area contributed by atoms with Crippen LogP contribution in [-0.4, -0.2) is 32.1 Å². The number of hydrogen-bond acceptors (Lipinski definition) is 3. The van der Waals surface area contributed by atoms with Crippen LogP contribution in [0.2, 0.25) is 0 Å². The largest absolute Gasteiger partial charge is 0.497 e. The van der Waals surface area contributed by atoms with Crippen LogP contribution in [0, 0.1) is 12.7 Å². The van der Waals surface area contributed by atoms with Crippen molar-refractivity contribution in [3.05, 3.63) is 65.0 Å². The minimum atomic E-state index is -0.423. The van der Waals surface area contributed by atoms with Crippen LogP contribution in [0.1, 0.15) is 21.5 Å². The number of amides is 3. The molecule has 0 saturated heterocycles. The van der Waals surface area contributed by atoms with Crippen LogP contribution < -0.4 is 20.7 Å². The number of rotatable bonds is 7. The Hall–Kier alpha value is -3.09. The molecule has 3 amide bonds. The lowest BCUT2D eigenvalue weighted by Crippen LogP contribution is -2.40. The van der Waals surface area contributed by atoms with E-state index in [1.54, 1.807) is 26.2 Å². The number of urea groups is 1. The number of ether oxygens (including phenoxy) is 1. The smallest absolute Gasteiger partial charge is 0.315 e. The van der Waals surface area contributed by atoms with Gasteiger partial charge in [0.1, 0.15) is 11.6 Å². The maximum atomic E-state index is 13.4. The summed E-state index contributed by atoms with van der Waals surface area (Å²) >= 11 is 0. The first-order valence-corrected chi connectivity index (χ1v) is 8.18. The third-order valence-corrected chi connectivity index (χ3v) is 3.74. The highest BCUT2D eigenvalue weighted by Gasteiger charge is 2.07. The normalized spacial score (nSPS) is 10.1. The number of halogens is 1. The Kier molecular flexibility index (Phi) is 6.96. The molecule has 0 aliphatic rings. The third-order valence-electron chi connectivity index (χ3n) is 3.74. The molecule has 0 aliphatic heterocycles. The summed E-state index contributed by atoms with van der Waals surface area (Å²) in [5.41, 5.74) is 1.67. The van der Waals surface area contributed by atoms with E-state index in [0.29, 0.717) is 12.1 Å². The molecule has 7 heteroatoms. The van der Waals surface area contributed by atoms with E-state index in [4.69, 9.17) is 4.74 Å². The van der Waals surface area contributed by atoms with Crippen molar-refractivity contribution in [3.8, 4) is 5.75 Å². The summed E-state index contributed by atoms with van der Waals surface area (Å²) in [7, 11) is 1.59. The molecule has 0 saturated carbocycles. The number of carbonyl (C=O) groups excluding carboxylic acids is 2. The average Bonchev–Trinajstić information content (AvgIpc) is 2.66. The van der Waals surface area contributed by atoms with Crippen LogP contribution in [0.25, 0.3) is 0 Å². The number of benzene rings is 2. The van der Waals surface area contributed by atoms with Gasteiger partial charge >= 0.3 is 6.03 Å². The van der Waals surface area contributed by atoms with Gasteiger partial charge in [-0.25, -0.2) is 9.18 Å². The monoisotopic (exact) mass is 359 g/mol. The Morgan fingerprint density at radius 2 is 1.69 bits per heavy atom. The summed E-state index contributed by atoms with van der Waals surface area (Å²) in [5.74, 6) is -0.0552. The van der Waals surface area contributed by atoms with E-state index < -0.39 is 5.82 Å². The zero-order chi connectivity index (χ0) is 18.9. The second-order valence-corrected chi connectivity index (χ2v) is 5.68. The molecule has 26 heavy (non-hydrogen) atoms. The van der Waals surface area contributed by atoms with Crippen LogP contribution >= 0.6 is 0 Å². The van der Waals surface area contributed by atoms with Crippen molar-refractivity contribution in [2.45, 2.75) is 13.5 Å². The highest BCUT2D eigenvalue weighted by molar-refractivity contribution is 5.94. The molecular weight excluding hydrogens is 337 g/mol. The predicted octanol–water partition coefficient (Wildman–Crippen LogP) is 2.37. The van der Waals surface area contributed by atoms with Crippen molar-refractivity contribution in [1.82, 2.24) is 16.0 Å². The number of nitrogens with one attached hydrogen (secondary N) is 3. The van der Waals surface area contributed by atoms with E-state index in [-0.39, 0.29) is 30.6 Å². The molecule has 3 N–H and O–H groups in total. The third kappa shape index (κ3) is 5.77. The molecule has 0 aliphatic carbocycles. The van der Waals surface area contributed by atoms with Gasteiger partial charge in [0.2, 0.25) is 0 Å². The molecule has 0 aromatic heterocycles. The molecule has 0 radical (unpaired) electrons. The zero-order valence-electron chi connectivity index (χ0n) is 14.8. The average molecular weight is 359 g/mol. The van der Waals surface area contributed by atoms with E-state index in [1.165, 1.54) is 6.07 Å². The summed E-state index contributed by atoms with van der Waals surface area (Å²) in [4.78, 5) is 23.6.